The molecule has 3 fully saturated rings. The van der Waals surface area contributed by atoms with Crippen LogP contribution in [0.3, 0.4) is 0 Å². The number of esters is 1. The minimum atomic E-state index is -4.93. The SMILES string of the molecule is CC[C@@]1(OC(=O)C(F)(F)F)CCC23C1CC1C=CC2[C@@]13OC. The summed E-state index contributed by atoms with van der Waals surface area (Å²) in [4.78, 5) is 11.4. The van der Waals surface area contributed by atoms with Crippen LogP contribution < -0.4 is 0 Å². The highest BCUT2D eigenvalue weighted by molar-refractivity contribution is 5.76. The van der Waals surface area contributed by atoms with E-state index in [4.69, 9.17) is 9.47 Å². The zero-order valence-corrected chi connectivity index (χ0v) is 12.6. The fraction of sp³-hybridized carbons (Fsp3) is 0.812. The van der Waals surface area contributed by atoms with Crippen LogP contribution in [-0.2, 0) is 14.3 Å². The van der Waals surface area contributed by atoms with E-state index < -0.39 is 17.7 Å². The van der Waals surface area contributed by atoms with Gasteiger partial charge in [0.1, 0.15) is 5.60 Å². The number of halogens is 3. The number of carbonyl (C=O) groups excluding carboxylic acids is 1. The molecule has 0 aliphatic heterocycles. The zero-order valence-electron chi connectivity index (χ0n) is 12.6. The third-order valence-corrected chi connectivity index (χ3v) is 6.92. The van der Waals surface area contributed by atoms with Gasteiger partial charge in [-0.15, -0.1) is 0 Å². The predicted molar refractivity (Wildman–Crippen MR) is 70.8 cm³/mol. The summed E-state index contributed by atoms with van der Waals surface area (Å²) < 4.78 is 48.9. The van der Waals surface area contributed by atoms with Gasteiger partial charge in [-0.3, -0.25) is 0 Å². The summed E-state index contributed by atoms with van der Waals surface area (Å²) in [6, 6.07) is 0. The van der Waals surface area contributed by atoms with Gasteiger partial charge in [0.2, 0.25) is 0 Å². The Hall–Kier alpha value is -1.04. The number of alkyl halides is 3. The minimum absolute atomic E-state index is 0.0405. The van der Waals surface area contributed by atoms with E-state index in [9.17, 15) is 18.0 Å². The summed E-state index contributed by atoms with van der Waals surface area (Å²) in [6.07, 6.45) is 1.79. The van der Waals surface area contributed by atoms with E-state index in [0.29, 0.717) is 12.8 Å². The Labute approximate surface area is 126 Å². The maximum atomic E-state index is 12.7. The maximum Gasteiger partial charge on any atom is 0.490 e. The fourth-order valence-electron chi connectivity index (χ4n) is 6.20. The molecule has 0 N–H and O–H groups in total. The van der Waals surface area contributed by atoms with E-state index in [1.807, 2.05) is 6.92 Å². The van der Waals surface area contributed by atoms with Crippen LogP contribution in [0, 0.1) is 23.2 Å². The standard InChI is InChI=1S/C16H19F3O3/c1-3-13(22-12(20)16(17,18)19)6-7-14-10-5-4-9(8-11(13)14)15(10,14)21-2/h4-5,9-11H,3,6-8H2,1-2H3/t9?,10?,11?,13-,14?,15+/m1/s1. The molecule has 0 aromatic heterocycles. The second-order valence-electron chi connectivity index (χ2n) is 7.10. The lowest BCUT2D eigenvalue weighted by Crippen LogP contribution is -2.43. The molecule has 0 aromatic rings. The molecule has 0 bridgehead atoms. The fourth-order valence-corrected chi connectivity index (χ4v) is 6.20. The van der Waals surface area contributed by atoms with Crippen molar-refractivity contribution >= 4 is 5.97 Å². The molecule has 1 spiro atoms. The number of ether oxygens (including phenoxy) is 2. The molecule has 22 heavy (non-hydrogen) atoms. The Morgan fingerprint density at radius 2 is 2.05 bits per heavy atom. The lowest BCUT2D eigenvalue weighted by atomic mass is 9.80. The van der Waals surface area contributed by atoms with Crippen molar-refractivity contribution in [1.82, 2.24) is 0 Å². The van der Waals surface area contributed by atoms with Gasteiger partial charge in [0.25, 0.3) is 0 Å². The molecule has 4 unspecified atom stereocenters. The number of carbonyl (C=O) groups is 1. The third kappa shape index (κ3) is 1.29. The van der Waals surface area contributed by atoms with E-state index in [1.165, 1.54) is 0 Å². The largest absolute Gasteiger partial charge is 0.490 e. The first-order chi connectivity index (χ1) is 10.3. The molecule has 3 nitrogen and oxygen atoms in total. The van der Waals surface area contributed by atoms with Gasteiger partial charge in [0.05, 0.1) is 5.60 Å². The quantitative estimate of drug-likeness (QED) is 0.592. The van der Waals surface area contributed by atoms with Gasteiger partial charge in [0.15, 0.2) is 0 Å². The zero-order chi connectivity index (χ0) is 16.0. The Balaban J connectivity index is 1.67. The van der Waals surface area contributed by atoms with Gasteiger partial charge in [-0.25, -0.2) is 4.79 Å². The molecule has 3 saturated carbocycles. The Kier molecular flexibility index (Phi) is 2.57. The van der Waals surface area contributed by atoms with E-state index >= 15 is 0 Å². The van der Waals surface area contributed by atoms with Crippen molar-refractivity contribution in [3.05, 3.63) is 12.2 Å². The van der Waals surface area contributed by atoms with Crippen molar-refractivity contribution in [2.24, 2.45) is 23.2 Å². The van der Waals surface area contributed by atoms with Crippen LogP contribution in [0.5, 0.6) is 0 Å². The van der Waals surface area contributed by atoms with E-state index in [-0.39, 0.29) is 28.8 Å². The summed E-state index contributed by atoms with van der Waals surface area (Å²) in [6.45, 7) is 1.81. The molecule has 6 atom stereocenters. The van der Waals surface area contributed by atoms with Gasteiger partial charge >= 0.3 is 12.1 Å². The smallest absolute Gasteiger partial charge is 0.452 e. The first-order valence-electron chi connectivity index (χ1n) is 7.82. The van der Waals surface area contributed by atoms with Gasteiger partial charge < -0.3 is 9.47 Å². The van der Waals surface area contributed by atoms with Crippen LogP contribution >= 0.6 is 0 Å². The first kappa shape index (κ1) is 14.5. The number of methoxy groups -OCH3 is 1. The second kappa shape index (κ2) is 3.89. The molecule has 0 heterocycles. The Morgan fingerprint density at radius 3 is 2.59 bits per heavy atom. The maximum absolute atomic E-state index is 12.7. The van der Waals surface area contributed by atoms with Gasteiger partial charge in [-0.2, -0.15) is 13.2 Å². The molecule has 6 heteroatoms. The van der Waals surface area contributed by atoms with Crippen LogP contribution in [0.25, 0.3) is 0 Å². The highest BCUT2D eigenvalue weighted by Gasteiger charge is 2.90. The summed E-state index contributed by atoms with van der Waals surface area (Å²) in [5, 5.41) is 0. The van der Waals surface area contributed by atoms with E-state index in [2.05, 4.69) is 12.2 Å². The topological polar surface area (TPSA) is 35.5 Å². The van der Waals surface area contributed by atoms with Gasteiger partial charge in [0, 0.05) is 30.3 Å². The van der Waals surface area contributed by atoms with Crippen molar-refractivity contribution in [3.8, 4) is 0 Å². The van der Waals surface area contributed by atoms with Gasteiger partial charge in [-0.05, 0) is 25.7 Å². The average molecular weight is 316 g/mol. The number of rotatable bonds is 3. The van der Waals surface area contributed by atoms with Crippen LogP contribution in [0.15, 0.2) is 12.2 Å². The molecule has 4 rings (SSSR count). The van der Waals surface area contributed by atoms with Crippen molar-refractivity contribution in [2.75, 3.05) is 7.11 Å². The van der Waals surface area contributed by atoms with Crippen molar-refractivity contribution in [2.45, 2.75) is 50.0 Å². The molecule has 122 valence electrons. The molecule has 0 aromatic carbocycles. The predicted octanol–water partition coefficient (Wildman–Crippen LogP) is 3.24. The Bertz CT molecular complexity index is 571. The van der Waals surface area contributed by atoms with Gasteiger partial charge in [-0.1, -0.05) is 19.1 Å². The molecule has 0 amide bonds. The van der Waals surface area contributed by atoms with Crippen molar-refractivity contribution < 1.29 is 27.4 Å². The molecular weight excluding hydrogens is 297 g/mol. The molecule has 4 aliphatic carbocycles. The highest BCUT2D eigenvalue weighted by atomic mass is 19.4. The summed E-state index contributed by atoms with van der Waals surface area (Å²) >= 11 is 0. The van der Waals surface area contributed by atoms with E-state index in [0.717, 1.165) is 12.8 Å². The lowest BCUT2D eigenvalue weighted by molar-refractivity contribution is -0.218. The Morgan fingerprint density at radius 1 is 1.32 bits per heavy atom. The number of hydrogen-bond acceptors (Lipinski definition) is 3. The van der Waals surface area contributed by atoms with Crippen molar-refractivity contribution in [1.29, 1.82) is 0 Å². The average Bonchev–Trinajstić information content (AvgIpc) is 2.69. The molecule has 0 saturated heterocycles. The van der Waals surface area contributed by atoms with Crippen LogP contribution in [0.2, 0.25) is 0 Å². The number of hydrogen-bond donors (Lipinski definition) is 0. The van der Waals surface area contributed by atoms with Crippen LogP contribution in [0.1, 0.15) is 32.6 Å². The summed E-state index contributed by atoms with van der Waals surface area (Å²) in [5.74, 6) is -1.58. The summed E-state index contributed by atoms with van der Waals surface area (Å²) in [5.41, 5.74) is -1.37. The van der Waals surface area contributed by atoms with Crippen molar-refractivity contribution in [3.63, 3.8) is 0 Å². The molecule has 0 radical (unpaired) electrons. The molecular formula is C16H19F3O3. The third-order valence-electron chi connectivity index (χ3n) is 6.92. The first-order valence-corrected chi connectivity index (χ1v) is 7.82. The minimum Gasteiger partial charge on any atom is -0.452 e. The lowest BCUT2D eigenvalue weighted by Gasteiger charge is -2.35. The normalized spacial score (nSPS) is 50.9. The second-order valence-corrected chi connectivity index (χ2v) is 7.10. The van der Waals surface area contributed by atoms with Crippen LogP contribution in [-0.4, -0.2) is 30.5 Å². The highest BCUT2D eigenvalue weighted by Crippen LogP contribution is 2.86. The van der Waals surface area contributed by atoms with E-state index in [1.54, 1.807) is 7.11 Å². The van der Waals surface area contributed by atoms with Crippen LogP contribution in [0.4, 0.5) is 13.2 Å². The monoisotopic (exact) mass is 316 g/mol. The summed E-state index contributed by atoms with van der Waals surface area (Å²) in [7, 11) is 1.69. The molecule has 4 aliphatic rings.